The van der Waals surface area contributed by atoms with Crippen molar-refractivity contribution in [1.82, 2.24) is 0 Å². The number of para-hydroxylation sites is 1. The molecule has 0 aromatic heterocycles. The van der Waals surface area contributed by atoms with E-state index in [2.05, 4.69) is 0 Å². The van der Waals surface area contributed by atoms with Gasteiger partial charge in [-0.2, -0.15) is 0 Å². The zero-order valence-electron chi connectivity index (χ0n) is 11.1. The van der Waals surface area contributed by atoms with E-state index in [0.29, 0.717) is 0 Å². The molecule has 0 saturated heterocycles. The molecule has 1 aromatic carbocycles. The average molecular weight is 253 g/mol. The molecule has 1 heterocycles. The molecule has 2 heteroatoms. The molecule has 3 rings (SSSR count). The van der Waals surface area contributed by atoms with Gasteiger partial charge >= 0.3 is 0 Å². The monoisotopic (exact) mass is 253 g/mol. The minimum Gasteiger partial charge on any atom is -0.304 e. The smallest absolute Gasteiger partial charge is 0.251 e. The van der Waals surface area contributed by atoms with Crippen molar-refractivity contribution in [1.29, 1.82) is 0 Å². The van der Waals surface area contributed by atoms with Crippen molar-refractivity contribution in [2.75, 3.05) is 11.4 Å². The fourth-order valence-electron chi connectivity index (χ4n) is 2.92. The van der Waals surface area contributed by atoms with Crippen LogP contribution in [0.4, 0.5) is 5.69 Å². The van der Waals surface area contributed by atoms with E-state index in [1.54, 1.807) is 11.6 Å². The van der Waals surface area contributed by atoms with E-state index in [1.165, 1.54) is 37.7 Å². The van der Waals surface area contributed by atoms with Crippen molar-refractivity contribution in [2.45, 2.75) is 32.1 Å². The van der Waals surface area contributed by atoms with Crippen LogP contribution in [0, 0.1) is 0 Å². The largest absolute Gasteiger partial charge is 0.304 e. The van der Waals surface area contributed by atoms with Crippen molar-refractivity contribution in [2.24, 2.45) is 0 Å². The van der Waals surface area contributed by atoms with E-state index in [4.69, 9.17) is 0 Å². The molecular formula is C17H19NO. The Kier molecular flexibility index (Phi) is 3.49. The van der Waals surface area contributed by atoms with E-state index in [0.717, 1.165) is 12.2 Å². The number of benzene rings is 1. The summed E-state index contributed by atoms with van der Waals surface area (Å²) in [5, 5.41) is 0. The van der Waals surface area contributed by atoms with Crippen molar-refractivity contribution in [3.8, 4) is 0 Å². The first-order valence-electron chi connectivity index (χ1n) is 7.10. The molecule has 0 N–H and O–H groups in total. The van der Waals surface area contributed by atoms with Crippen LogP contribution >= 0.6 is 0 Å². The lowest BCUT2D eigenvalue weighted by atomic mass is 9.90. The molecule has 98 valence electrons. The number of allylic oxidation sites excluding steroid dienone is 1. The molecule has 1 amide bonds. The first-order chi connectivity index (χ1) is 9.34. The summed E-state index contributed by atoms with van der Waals surface area (Å²) in [6, 6.07) is 9.94. The van der Waals surface area contributed by atoms with Gasteiger partial charge < -0.3 is 4.90 Å². The molecule has 1 aromatic rings. The topological polar surface area (TPSA) is 20.3 Å². The van der Waals surface area contributed by atoms with Crippen LogP contribution in [-0.2, 0) is 4.79 Å². The van der Waals surface area contributed by atoms with Crippen LogP contribution in [-0.4, -0.2) is 12.5 Å². The molecule has 0 unspecified atom stereocenters. The zero-order chi connectivity index (χ0) is 13.1. The third kappa shape index (κ3) is 2.62. The molecular weight excluding hydrogens is 234 g/mol. The molecule has 1 saturated carbocycles. The summed E-state index contributed by atoms with van der Waals surface area (Å²) < 4.78 is 0. The normalized spacial score (nSPS) is 20.0. The summed E-state index contributed by atoms with van der Waals surface area (Å²) in [6.07, 6.45) is 10.1. The minimum atomic E-state index is 0.0892. The van der Waals surface area contributed by atoms with Crippen molar-refractivity contribution >= 4 is 11.6 Å². The minimum absolute atomic E-state index is 0.0892. The van der Waals surface area contributed by atoms with E-state index in [1.807, 2.05) is 41.3 Å². The van der Waals surface area contributed by atoms with Gasteiger partial charge in [-0.15, -0.1) is 0 Å². The maximum atomic E-state index is 12.0. The molecule has 2 nitrogen and oxygen atoms in total. The summed E-state index contributed by atoms with van der Waals surface area (Å²) in [5.74, 6) is 0.0892. The van der Waals surface area contributed by atoms with Gasteiger partial charge in [-0.1, -0.05) is 36.3 Å². The zero-order valence-corrected chi connectivity index (χ0v) is 11.1. The number of anilines is 1. The van der Waals surface area contributed by atoms with Gasteiger partial charge in [-0.3, -0.25) is 4.79 Å². The Morgan fingerprint density at radius 1 is 0.895 bits per heavy atom. The molecule has 2 aliphatic rings. The molecule has 1 fully saturated rings. The summed E-state index contributed by atoms with van der Waals surface area (Å²) >= 11 is 0. The second kappa shape index (κ2) is 5.43. The lowest BCUT2D eigenvalue weighted by Gasteiger charge is -2.28. The SMILES string of the molecule is O=C1C=CC(=C2CCCCC2)CN1c1ccccc1. The number of nitrogens with zero attached hydrogens (tertiary/aromatic N) is 1. The molecule has 19 heavy (non-hydrogen) atoms. The highest BCUT2D eigenvalue weighted by Crippen LogP contribution is 2.29. The van der Waals surface area contributed by atoms with Gasteiger partial charge in [0, 0.05) is 11.8 Å². The van der Waals surface area contributed by atoms with Crippen LogP contribution in [0.2, 0.25) is 0 Å². The van der Waals surface area contributed by atoms with E-state index < -0.39 is 0 Å². The Balaban J connectivity index is 1.88. The Bertz CT molecular complexity index is 519. The Labute approximate surface area is 114 Å². The molecule has 1 aliphatic heterocycles. The third-order valence-corrected chi connectivity index (χ3v) is 4.00. The lowest BCUT2D eigenvalue weighted by Crippen LogP contribution is -2.34. The summed E-state index contributed by atoms with van der Waals surface area (Å²) in [5.41, 5.74) is 3.89. The summed E-state index contributed by atoms with van der Waals surface area (Å²) in [4.78, 5) is 13.9. The molecule has 0 bridgehead atoms. The van der Waals surface area contributed by atoms with Gasteiger partial charge in [0.05, 0.1) is 6.54 Å². The van der Waals surface area contributed by atoms with Gasteiger partial charge in [0.2, 0.25) is 0 Å². The molecule has 0 radical (unpaired) electrons. The van der Waals surface area contributed by atoms with Crippen molar-refractivity contribution < 1.29 is 4.79 Å². The standard InChI is InChI=1S/C17H19NO/c19-17-12-11-15(14-7-3-1-4-8-14)13-18(17)16-9-5-2-6-10-16/h2,5-6,9-12H,1,3-4,7-8,13H2. The Morgan fingerprint density at radius 2 is 1.63 bits per heavy atom. The van der Waals surface area contributed by atoms with Crippen LogP contribution in [0.15, 0.2) is 53.6 Å². The second-order valence-electron chi connectivity index (χ2n) is 5.28. The highest BCUT2D eigenvalue weighted by Gasteiger charge is 2.20. The highest BCUT2D eigenvalue weighted by molar-refractivity contribution is 6.03. The summed E-state index contributed by atoms with van der Waals surface area (Å²) in [6.45, 7) is 0.731. The Morgan fingerprint density at radius 3 is 2.37 bits per heavy atom. The van der Waals surface area contributed by atoms with E-state index in [-0.39, 0.29) is 5.91 Å². The number of carbonyl (C=O) groups is 1. The van der Waals surface area contributed by atoms with Crippen LogP contribution in [0.25, 0.3) is 0 Å². The van der Waals surface area contributed by atoms with Gasteiger partial charge in [0.25, 0.3) is 5.91 Å². The van der Waals surface area contributed by atoms with Crippen LogP contribution in [0.3, 0.4) is 0 Å². The van der Waals surface area contributed by atoms with Gasteiger partial charge in [-0.05, 0) is 43.4 Å². The quantitative estimate of drug-likeness (QED) is 0.744. The maximum absolute atomic E-state index is 12.0. The van der Waals surface area contributed by atoms with Crippen LogP contribution in [0.5, 0.6) is 0 Å². The molecule has 1 aliphatic carbocycles. The predicted octanol–water partition coefficient (Wildman–Crippen LogP) is 3.85. The average Bonchev–Trinajstić information content (AvgIpc) is 2.49. The highest BCUT2D eigenvalue weighted by atomic mass is 16.2. The molecule has 0 atom stereocenters. The third-order valence-electron chi connectivity index (χ3n) is 4.00. The number of amides is 1. The summed E-state index contributed by atoms with van der Waals surface area (Å²) in [7, 11) is 0. The van der Waals surface area contributed by atoms with Crippen LogP contribution in [0.1, 0.15) is 32.1 Å². The first kappa shape index (κ1) is 12.2. The molecule has 0 spiro atoms. The van der Waals surface area contributed by atoms with Crippen molar-refractivity contribution in [3.05, 3.63) is 53.6 Å². The lowest BCUT2D eigenvalue weighted by molar-refractivity contribution is -0.114. The first-order valence-corrected chi connectivity index (χ1v) is 7.10. The fourth-order valence-corrected chi connectivity index (χ4v) is 2.92. The predicted molar refractivity (Wildman–Crippen MR) is 78.0 cm³/mol. The van der Waals surface area contributed by atoms with Gasteiger partial charge in [-0.25, -0.2) is 0 Å². The van der Waals surface area contributed by atoms with Gasteiger partial charge in [0.1, 0.15) is 0 Å². The maximum Gasteiger partial charge on any atom is 0.251 e. The number of hydrogen-bond acceptors (Lipinski definition) is 1. The second-order valence-corrected chi connectivity index (χ2v) is 5.28. The van der Waals surface area contributed by atoms with Crippen LogP contribution < -0.4 is 4.90 Å². The number of carbonyl (C=O) groups excluding carboxylic acids is 1. The van der Waals surface area contributed by atoms with E-state index in [9.17, 15) is 4.79 Å². The van der Waals surface area contributed by atoms with Gasteiger partial charge in [0.15, 0.2) is 0 Å². The fraction of sp³-hybridized carbons (Fsp3) is 0.353. The number of rotatable bonds is 1. The van der Waals surface area contributed by atoms with E-state index >= 15 is 0 Å². The Hall–Kier alpha value is -1.83. The van der Waals surface area contributed by atoms with Crippen molar-refractivity contribution in [3.63, 3.8) is 0 Å². The number of hydrogen-bond donors (Lipinski definition) is 0.